The number of nitrogens with zero attached hydrogens (tertiary/aromatic N) is 2. The van der Waals surface area contributed by atoms with Crippen LogP contribution in [0.15, 0.2) is 53.7 Å². The van der Waals surface area contributed by atoms with Gasteiger partial charge in [-0.15, -0.1) is 24.0 Å². The number of benzene rings is 1. The van der Waals surface area contributed by atoms with Crippen LogP contribution in [0.4, 0.5) is 0 Å². The average molecular weight is 454 g/mol. The van der Waals surface area contributed by atoms with Gasteiger partial charge in [0.1, 0.15) is 5.75 Å². The highest BCUT2D eigenvalue weighted by atomic mass is 127. The number of hydrogen-bond acceptors (Lipinski definition) is 3. The Kier molecular flexibility index (Phi) is 9.91. The van der Waals surface area contributed by atoms with Crippen LogP contribution in [-0.4, -0.2) is 23.6 Å². The lowest BCUT2D eigenvalue weighted by Gasteiger charge is -2.11. The number of guanidine groups is 1. The van der Waals surface area contributed by atoms with E-state index in [1.807, 2.05) is 56.3 Å². The highest BCUT2D eigenvalue weighted by Crippen LogP contribution is 2.14. The third-order valence-corrected chi connectivity index (χ3v) is 3.22. The van der Waals surface area contributed by atoms with Gasteiger partial charge in [0.15, 0.2) is 5.96 Å². The largest absolute Gasteiger partial charge is 0.491 e. The molecule has 25 heavy (non-hydrogen) atoms. The van der Waals surface area contributed by atoms with Crippen LogP contribution in [0.25, 0.3) is 0 Å². The van der Waals surface area contributed by atoms with E-state index >= 15 is 0 Å². The summed E-state index contributed by atoms with van der Waals surface area (Å²) in [4.78, 5) is 8.92. The average Bonchev–Trinajstić information content (AvgIpc) is 2.59. The first-order valence-corrected chi connectivity index (χ1v) is 8.35. The van der Waals surface area contributed by atoms with Gasteiger partial charge in [-0.1, -0.05) is 18.2 Å². The fourth-order valence-corrected chi connectivity index (χ4v) is 2.13. The molecule has 5 nitrogen and oxygen atoms in total. The van der Waals surface area contributed by atoms with Gasteiger partial charge in [-0.25, -0.2) is 4.99 Å². The van der Waals surface area contributed by atoms with Crippen molar-refractivity contribution in [3.8, 4) is 5.75 Å². The van der Waals surface area contributed by atoms with Crippen LogP contribution in [0.2, 0.25) is 0 Å². The van der Waals surface area contributed by atoms with E-state index in [1.165, 1.54) is 0 Å². The number of aliphatic imine (C=N–C) groups is 1. The molecule has 1 aromatic carbocycles. The summed E-state index contributed by atoms with van der Waals surface area (Å²) in [7, 11) is 0. The minimum Gasteiger partial charge on any atom is -0.491 e. The molecule has 136 valence electrons. The van der Waals surface area contributed by atoms with E-state index in [9.17, 15) is 0 Å². The molecule has 2 aromatic rings. The molecule has 2 rings (SSSR count). The Hall–Kier alpha value is -1.83. The molecular formula is C19H27IN4O. The molecule has 6 heteroatoms. The lowest BCUT2D eigenvalue weighted by atomic mass is 10.2. The molecule has 1 heterocycles. The number of ether oxygens (including phenoxy) is 1. The standard InChI is InChI=1S/C19H26N4O.HI/c1-4-20-19(23-14-17-7-5-6-12-21-17)22-13-16-8-10-18(11-9-16)24-15(2)3;/h5-12,15H,4,13-14H2,1-3H3,(H2,20,22,23);1H. The van der Waals surface area contributed by atoms with Gasteiger partial charge in [0, 0.05) is 12.7 Å². The summed E-state index contributed by atoms with van der Waals surface area (Å²) >= 11 is 0. The van der Waals surface area contributed by atoms with Crippen molar-refractivity contribution in [1.29, 1.82) is 0 Å². The summed E-state index contributed by atoms with van der Waals surface area (Å²) in [6, 6.07) is 13.9. The molecule has 0 saturated heterocycles. The second kappa shape index (κ2) is 11.7. The van der Waals surface area contributed by atoms with E-state index in [-0.39, 0.29) is 30.1 Å². The molecule has 0 amide bonds. The van der Waals surface area contributed by atoms with E-state index in [2.05, 4.69) is 27.5 Å². The smallest absolute Gasteiger partial charge is 0.191 e. The monoisotopic (exact) mass is 454 g/mol. The van der Waals surface area contributed by atoms with Crippen molar-refractivity contribution in [2.45, 2.75) is 40.0 Å². The van der Waals surface area contributed by atoms with Crippen LogP contribution < -0.4 is 15.4 Å². The molecule has 2 N–H and O–H groups in total. The minimum absolute atomic E-state index is 0. The highest BCUT2D eigenvalue weighted by Gasteiger charge is 2.00. The summed E-state index contributed by atoms with van der Waals surface area (Å²) in [5.74, 6) is 1.67. The predicted octanol–water partition coefficient (Wildman–Crippen LogP) is 3.74. The van der Waals surface area contributed by atoms with Crippen molar-refractivity contribution in [3.63, 3.8) is 0 Å². The van der Waals surface area contributed by atoms with Crippen molar-refractivity contribution in [2.75, 3.05) is 6.54 Å². The Morgan fingerprint density at radius 2 is 1.88 bits per heavy atom. The molecule has 0 atom stereocenters. The molecule has 0 fully saturated rings. The second-order valence-corrected chi connectivity index (χ2v) is 5.68. The van der Waals surface area contributed by atoms with Gasteiger partial charge >= 0.3 is 0 Å². The molecule has 0 bridgehead atoms. The van der Waals surface area contributed by atoms with Crippen molar-refractivity contribution in [1.82, 2.24) is 15.6 Å². The van der Waals surface area contributed by atoms with Crippen LogP contribution in [-0.2, 0) is 13.1 Å². The molecule has 0 aliphatic carbocycles. The first kappa shape index (κ1) is 21.2. The normalized spacial score (nSPS) is 11.0. The minimum atomic E-state index is 0. The quantitative estimate of drug-likeness (QED) is 0.380. The third-order valence-electron chi connectivity index (χ3n) is 3.22. The molecule has 0 unspecified atom stereocenters. The van der Waals surface area contributed by atoms with Crippen LogP contribution >= 0.6 is 24.0 Å². The number of halogens is 1. The molecular weight excluding hydrogens is 427 g/mol. The zero-order valence-electron chi connectivity index (χ0n) is 15.0. The lowest BCUT2D eigenvalue weighted by Crippen LogP contribution is -2.36. The third kappa shape index (κ3) is 8.20. The summed E-state index contributed by atoms with van der Waals surface area (Å²) in [6.45, 7) is 8.17. The zero-order valence-corrected chi connectivity index (χ0v) is 17.4. The molecule has 0 aliphatic heterocycles. The van der Waals surface area contributed by atoms with E-state index in [1.54, 1.807) is 6.20 Å². The van der Waals surface area contributed by atoms with Crippen LogP contribution in [0.3, 0.4) is 0 Å². The van der Waals surface area contributed by atoms with Gasteiger partial charge in [-0.05, 0) is 50.6 Å². The number of nitrogens with one attached hydrogen (secondary N) is 2. The molecule has 0 saturated carbocycles. The Morgan fingerprint density at radius 1 is 1.12 bits per heavy atom. The summed E-state index contributed by atoms with van der Waals surface area (Å²) in [5.41, 5.74) is 2.12. The second-order valence-electron chi connectivity index (χ2n) is 5.68. The number of hydrogen-bond donors (Lipinski definition) is 2. The van der Waals surface area contributed by atoms with E-state index in [4.69, 9.17) is 4.74 Å². The van der Waals surface area contributed by atoms with Crippen molar-refractivity contribution >= 4 is 29.9 Å². The van der Waals surface area contributed by atoms with E-state index in [0.29, 0.717) is 13.1 Å². The Balaban J connectivity index is 0.00000312. The molecule has 0 aliphatic rings. The van der Waals surface area contributed by atoms with E-state index < -0.39 is 0 Å². The summed E-state index contributed by atoms with van der Waals surface area (Å²) in [5, 5.41) is 6.54. The summed E-state index contributed by atoms with van der Waals surface area (Å²) < 4.78 is 5.65. The van der Waals surface area contributed by atoms with Gasteiger partial charge in [0.2, 0.25) is 0 Å². The molecule has 1 aromatic heterocycles. The maximum atomic E-state index is 5.65. The van der Waals surface area contributed by atoms with Gasteiger partial charge in [-0.3, -0.25) is 4.98 Å². The first-order chi connectivity index (χ1) is 11.7. The topological polar surface area (TPSA) is 58.5 Å². The SMILES string of the molecule is CCNC(=NCc1ccc(OC(C)C)cc1)NCc1ccccn1.I. The Morgan fingerprint density at radius 3 is 2.48 bits per heavy atom. The Labute approximate surface area is 167 Å². The van der Waals surface area contributed by atoms with Gasteiger partial charge < -0.3 is 15.4 Å². The first-order valence-electron chi connectivity index (χ1n) is 8.35. The number of pyridine rings is 1. The van der Waals surface area contributed by atoms with E-state index in [0.717, 1.165) is 29.5 Å². The van der Waals surface area contributed by atoms with Crippen molar-refractivity contribution in [2.24, 2.45) is 4.99 Å². The van der Waals surface area contributed by atoms with Gasteiger partial charge in [0.05, 0.1) is 24.9 Å². The Bertz CT molecular complexity index is 630. The number of aromatic nitrogens is 1. The summed E-state index contributed by atoms with van der Waals surface area (Å²) in [6.07, 6.45) is 1.98. The zero-order chi connectivity index (χ0) is 17.2. The maximum Gasteiger partial charge on any atom is 0.191 e. The van der Waals surface area contributed by atoms with Crippen LogP contribution in [0.1, 0.15) is 32.0 Å². The number of rotatable bonds is 7. The van der Waals surface area contributed by atoms with Gasteiger partial charge in [-0.2, -0.15) is 0 Å². The predicted molar refractivity (Wildman–Crippen MR) is 114 cm³/mol. The lowest BCUT2D eigenvalue weighted by molar-refractivity contribution is 0.242. The fourth-order valence-electron chi connectivity index (χ4n) is 2.13. The molecule has 0 radical (unpaired) electrons. The maximum absolute atomic E-state index is 5.65. The van der Waals surface area contributed by atoms with Crippen LogP contribution in [0, 0.1) is 0 Å². The molecule has 0 spiro atoms. The van der Waals surface area contributed by atoms with Crippen molar-refractivity contribution < 1.29 is 4.74 Å². The van der Waals surface area contributed by atoms with Crippen LogP contribution in [0.5, 0.6) is 5.75 Å². The van der Waals surface area contributed by atoms with Gasteiger partial charge in [0.25, 0.3) is 0 Å². The fraction of sp³-hybridized carbons (Fsp3) is 0.368. The van der Waals surface area contributed by atoms with Crippen molar-refractivity contribution in [3.05, 3.63) is 59.9 Å². The highest BCUT2D eigenvalue weighted by molar-refractivity contribution is 14.0.